The molecule has 1 heterocycles. The molecule has 3 N–H and O–H groups in total. The first kappa shape index (κ1) is 37.6. The van der Waals surface area contributed by atoms with Crippen LogP contribution in [0.4, 0.5) is 18.0 Å². The Hall–Kier alpha value is -4.21. The number of amides is 1. The molecule has 3 aromatic carbocycles. The van der Waals surface area contributed by atoms with Crippen molar-refractivity contribution >= 4 is 45.3 Å². The van der Waals surface area contributed by atoms with Crippen LogP contribution in [0.3, 0.4) is 0 Å². The van der Waals surface area contributed by atoms with Gasteiger partial charge in [-0.1, -0.05) is 96.0 Å². The average molecular weight is 741 g/mol. The molecule has 0 aliphatic carbocycles. The highest BCUT2D eigenvalue weighted by Crippen LogP contribution is 2.39. The zero-order valence-corrected chi connectivity index (χ0v) is 27.8. The van der Waals surface area contributed by atoms with Crippen LogP contribution in [0.2, 0.25) is 10.0 Å². The van der Waals surface area contributed by atoms with Crippen molar-refractivity contribution in [3.8, 4) is 11.1 Å². The number of alkyl halides is 3. The van der Waals surface area contributed by atoms with E-state index in [4.69, 9.17) is 32.7 Å². The SMILES string of the molecule is O=C(N[C@@H](CCS(=O)(=O)NCC(O)(c1ccc(-c2ccc(Cl)cc2Cl)cn1)C(F)(F)F)C(=O)OCc1ccccc1)OCc1ccccc1. The Morgan fingerprint density at radius 3 is 2.04 bits per heavy atom. The van der Waals surface area contributed by atoms with Crippen molar-refractivity contribution in [1.29, 1.82) is 0 Å². The van der Waals surface area contributed by atoms with Crippen LogP contribution < -0.4 is 10.0 Å². The molecule has 0 fully saturated rings. The number of hydrogen-bond donors (Lipinski definition) is 3. The smallest absolute Gasteiger partial charge is 0.424 e. The lowest BCUT2D eigenvalue weighted by Crippen LogP contribution is -2.52. The number of pyridine rings is 1. The van der Waals surface area contributed by atoms with Gasteiger partial charge in [0.05, 0.1) is 18.0 Å². The summed E-state index contributed by atoms with van der Waals surface area (Å²) in [6.45, 7) is -1.89. The average Bonchev–Trinajstić information content (AvgIpc) is 3.07. The van der Waals surface area contributed by atoms with Crippen LogP contribution in [0.5, 0.6) is 0 Å². The number of alkyl carbamates (subject to hydrolysis) is 1. The van der Waals surface area contributed by atoms with Gasteiger partial charge in [-0.15, -0.1) is 0 Å². The van der Waals surface area contributed by atoms with Gasteiger partial charge < -0.3 is 19.9 Å². The Balaban J connectivity index is 1.44. The number of carbonyl (C=O) groups excluding carboxylic acids is 2. The third kappa shape index (κ3) is 10.6. The monoisotopic (exact) mass is 739 g/mol. The van der Waals surface area contributed by atoms with E-state index in [0.717, 1.165) is 12.3 Å². The van der Waals surface area contributed by atoms with Crippen molar-refractivity contribution in [2.75, 3.05) is 12.3 Å². The van der Waals surface area contributed by atoms with E-state index in [2.05, 4.69) is 10.3 Å². The Morgan fingerprint density at radius 1 is 0.878 bits per heavy atom. The number of benzene rings is 3. The largest absolute Gasteiger partial charge is 0.459 e. The molecule has 0 saturated heterocycles. The molecule has 260 valence electrons. The van der Waals surface area contributed by atoms with E-state index in [-0.39, 0.29) is 18.2 Å². The van der Waals surface area contributed by atoms with Crippen LogP contribution in [0.25, 0.3) is 11.1 Å². The molecule has 0 radical (unpaired) electrons. The summed E-state index contributed by atoms with van der Waals surface area (Å²) in [5.41, 5.74) is -2.65. The quantitative estimate of drug-likeness (QED) is 0.131. The number of nitrogens with one attached hydrogen (secondary N) is 2. The fourth-order valence-corrected chi connectivity index (χ4v) is 6.04. The number of rotatable bonds is 14. The lowest BCUT2D eigenvalue weighted by atomic mass is 9.97. The van der Waals surface area contributed by atoms with Crippen LogP contribution in [0.15, 0.2) is 97.2 Å². The molecule has 0 spiro atoms. The summed E-state index contributed by atoms with van der Waals surface area (Å²) in [6, 6.07) is 22.2. The summed E-state index contributed by atoms with van der Waals surface area (Å²) in [4.78, 5) is 29.2. The topological polar surface area (TPSA) is 144 Å². The standard InChI is InChI=1S/C33H30Cl2F3N3O7S/c34-25-12-13-26(27(35)17-25)24-11-14-29(39-18-24)32(44,33(36,37)38)21-40-49(45,46)16-15-28(30(42)47-19-22-7-3-1-4-8-22)41-31(43)48-20-23-9-5-2-6-10-23/h1-14,17-18,28,40,44H,15-16,19-21H2,(H,41,43)/t28-,32?/m0/s1. The van der Waals surface area contributed by atoms with Gasteiger partial charge >= 0.3 is 18.2 Å². The van der Waals surface area contributed by atoms with Crippen molar-refractivity contribution in [1.82, 2.24) is 15.0 Å². The van der Waals surface area contributed by atoms with E-state index in [9.17, 15) is 36.3 Å². The molecule has 4 rings (SSSR count). The van der Waals surface area contributed by atoms with Gasteiger partial charge in [0.15, 0.2) is 0 Å². The highest BCUT2D eigenvalue weighted by atomic mass is 35.5. The second-order valence-corrected chi connectivity index (χ2v) is 13.5. The molecule has 0 aliphatic rings. The molecule has 0 aliphatic heterocycles. The minimum absolute atomic E-state index is 0.157. The van der Waals surface area contributed by atoms with Crippen LogP contribution in [0, 0.1) is 0 Å². The Morgan fingerprint density at radius 2 is 1.49 bits per heavy atom. The lowest BCUT2D eigenvalue weighted by molar-refractivity contribution is -0.264. The highest BCUT2D eigenvalue weighted by molar-refractivity contribution is 7.89. The number of aromatic nitrogens is 1. The molecule has 10 nitrogen and oxygen atoms in total. The maximum Gasteiger partial charge on any atom is 0.424 e. The van der Waals surface area contributed by atoms with Crippen LogP contribution in [0.1, 0.15) is 23.2 Å². The zero-order chi connectivity index (χ0) is 35.7. The van der Waals surface area contributed by atoms with Gasteiger partial charge in [-0.05, 0) is 35.7 Å². The highest BCUT2D eigenvalue weighted by Gasteiger charge is 2.56. The Bertz CT molecular complexity index is 1840. The second-order valence-electron chi connectivity index (χ2n) is 10.7. The number of carbonyl (C=O) groups is 2. The molecule has 2 atom stereocenters. The van der Waals surface area contributed by atoms with Gasteiger partial charge in [-0.2, -0.15) is 13.2 Å². The van der Waals surface area contributed by atoms with Gasteiger partial charge in [0.1, 0.15) is 19.3 Å². The first-order valence-corrected chi connectivity index (χ1v) is 16.9. The van der Waals surface area contributed by atoms with E-state index in [1.165, 1.54) is 24.3 Å². The van der Waals surface area contributed by atoms with Gasteiger partial charge in [-0.3, -0.25) is 4.98 Å². The molecular formula is C33H30Cl2F3N3O7S. The number of esters is 1. The van der Waals surface area contributed by atoms with Crippen LogP contribution in [-0.4, -0.2) is 55.1 Å². The van der Waals surface area contributed by atoms with Crippen molar-refractivity contribution in [2.45, 2.75) is 37.5 Å². The predicted molar refractivity (Wildman–Crippen MR) is 176 cm³/mol. The predicted octanol–water partition coefficient (Wildman–Crippen LogP) is 6.15. The normalized spacial score (nSPS) is 13.6. The van der Waals surface area contributed by atoms with E-state index >= 15 is 0 Å². The maximum absolute atomic E-state index is 14.2. The molecule has 16 heteroatoms. The molecule has 1 aromatic heterocycles. The molecular weight excluding hydrogens is 710 g/mol. The number of hydrogen-bond acceptors (Lipinski definition) is 8. The molecule has 49 heavy (non-hydrogen) atoms. The molecule has 4 aromatic rings. The first-order valence-electron chi connectivity index (χ1n) is 14.5. The zero-order valence-electron chi connectivity index (χ0n) is 25.5. The van der Waals surface area contributed by atoms with E-state index in [1.807, 2.05) is 0 Å². The third-order valence-corrected chi connectivity index (χ3v) is 9.04. The lowest BCUT2D eigenvalue weighted by Gasteiger charge is -2.30. The van der Waals surface area contributed by atoms with Crippen molar-refractivity contribution in [3.05, 3.63) is 124 Å². The van der Waals surface area contributed by atoms with Gasteiger partial charge in [0, 0.05) is 27.4 Å². The summed E-state index contributed by atoms with van der Waals surface area (Å²) in [6.07, 6.45) is -5.99. The molecule has 0 saturated carbocycles. The second kappa shape index (κ2) is 16.5. The minimum Gasteiger partial charge on any atom is -0.459 e. The number of halogens is 5. The number of aliphatic hydroxyl groups is 1. The fourth-order valence-electron chi connectivity index (χ4n) is 4.40. The number of sulfonamides is 1. The Kier molecular flexibility index (Phi) is 12.6. The summed E-state index contributed by atoms with van der Waals surface area (Å²) < 4.78 is 80.5. The van der Waals surface area contributed by atoms with Gasteiger partial charge in [0.2, 0.25) is 15.6 Å². The van der Waals surface area contributed by atoms with Gasteiger partial charge in [0.25, 0.3) is 0 Å². The molecule has 1 amide bonds. The fraction of sp³-hybridized carbons (Fsp3) is 0.242. The number of nitrogens with zero attached hydrogens (tertiary/aromatic N) is 1. The minimum atomic E-state index is -5.37. The van der Waals surface area contributed by atoms with E-state index in [1.54, 1.807) is 65.4 Å². The summed E-state index contributed by atoms with van der Waals surface area (Å²) in [5.74, 6) is -1.94. The third-order valence-electron chi connectivity index (χ3n) is 7.13. The Labute approximate surface area is 290 Å². The van der Waals surface area contributed by atoms with Crippen LogP contribution >= 0.6 is 23.2 Å². The summed E-state index contributed by atoms with van der Waals surface area (Å²) in [5, 5.41) is 13.6. The summed E-state index contributed by atoms with van der Waals surface area (Å²) >= 11 is 12.1. The molecule has 1 unspecified atom stereocenters. The van der Waals surface area contributed by atoms with E-state index in [0.29, 0.717) is 27.3 Å². The van der Waals surface area contributed by atoms with Crippen molar-refractivity contribution in [2.24, 2.45) is 0 Å². The molecule has 0 bridgehead atoms. The summed E-state index contributed by atoms with van der Waals surface area (Å²) in [7, 11) is -4.60. The van der Waals surface area contributed by atoms with E-state index < -0.39 is 64.3 Å². The van der Waals surface area contributed by atoms with Crippen molar-refractivity contribution < 1.29 is 45.8 Å². The first-order chi connectivity index (χ1) is 23.2. The number of ether oxygens (including phenoxy) is 2. The van der Waals surface area contributed by atoms with Crippen molar-refractivity contribution in [3.63, 3.8) is 0 Å². The maximum atomic E-state index is 14.2. The van der Waals surface area contributed by atoms with Gasteiger partial charge in [-0.25, -0.2) is 22.7 Å². The van der Waals surface area contributed by atoms with Crippen LogP contribution in [-0.2, 0) is 43.1 Å².